The van der Waals surface area contributed by atoms with Crippen LogP contribution in [0, 0.1) is 0 Å². The monoisotopic (exact) mass is 361 g/mol. The molecule has 1 atom stereocenters. The first-order valence-corrected chi connectivity index (χ1v) is 8.44. The van der Waals surface area contributed by atoms with Gasteiger partial charge in [-0.1, -0.05) is 31.5 Å². The second kappa shape index (κ2) is 11.3. The molecule has 0 aliphatic heterocycles. The van der Waals surface area contributed by atoms with Gasteiger partial charge < -0.3 is 25.8 Å². The molecule has 0 aliphatic carbocycles. The summed E-state index contributed by atoms with van der Waals surface area (Å²) in [5.74, 6) is -0.251. The van der Waals surface area contributed by atoms with Crippen LogP contribution in [0.1, 0.15) is 46.5 Å². The van der Waals surface area contributed by atoms with Crippen molar-refractivity contribution in [2.75, 3.05) is 13.7 Å². The van der Waals surface area contributed by atoms with Crippen molar-refractivity contribution >= 4 is 5.97 Å². The Hall–Kier alpha value is -2.41. The number of carbonyl (C=O) groups excluding carboxylic acids is 1. The maximum Gasteiger partial charge on any atom is 0.337 e. The van der Waals surface area contributed by atoms with Crippen LogP contribution in [0.5, 0.6) is 5.75 Å². The molecule has 0 spiro atoms. The third-order valence-electron chi connectivity index (χ3n) is 3.80. The summed E-state index contributed by atoms with van der Waals surface area (Å²) >= 11 is 0. The van der Waals surface area contributed by atoms with Crippen molar-refractivity contribution in [2.45, 2.75) is 32.5 Å². The van der Waals surface area contributed by atoms with E-state index in [1.165, 1.54) is 24.8 Å². The van der Waals surface area contributed by atoms with E-state index in [9.17, 15) is 15.0 Å². The lowest BCUT2D eigenvalue weighted by Gasteiger charge is -2.09. The molecule has 2 aromatic carbocycles. The fourth-order valence-electron chi connectivity index (χ4n) is 2.29. The standard InChI is InChI=1S/C11H14O2.C9H13NO3/c1-3-4-9-5-7-10(8-6-9)11(12)13-2;10-4-9(13)6-1-2-8(12)7(3-6)5-11/h5-8H,3-4H2,1-2H3;1-3,9,11-13H,4-5,10H2. The number of hydrogen-bond acceptors (Lipinski definition) is 6. The van der Waals surface area contributed by atoms with Crippen LogP contribution in [0.15, 0.2) is 42.5 Å². The summed E-state index contributed by atoms with van der Waals surface area (Å²) in [4.78, 5) is 11.1. The van der Waals surface area contributed by atoms with Crippen molar-refractivity contribution in [3.05, 3.63) is 64.7 Å². The number of aliphatic hydroxyl groups is 2. The predicted molar refractivity (Wildman–Crippen MR) is 99.8 cm³/mol. The van der Waals surface area contributed by atoms with Gasteiger partial charge in [-0.3, -0.25) is 0 Å². The molecular formula is C20H27NO5. The molecule has 2 rings (SSSR count). The smallest absolute Gasteiger partial charge is 0.337 e. The molecule has 0 aromatic heterocycles. The van der Waals surface area contributed by atoms with Gasteiger partial charge in [0.05, 0.1) is 25.4 Å². The Balaban J connectivity index is 0.000000260. The van der Waals surface area contributed by atoms with Crippen LogP contribution in [-0.4, -0.2) is 34.9 Å². The van der Waals surface area contributed by atoms with Gasteiger partial charge in [0.25, 0.3) is 0 Å². The van der Waals surface area contributed by atoms with E-state index in [1.54, 1.807) is 18.2 Å². The predicted octanol–water partition coefficient (Wildman–Crippen LogP) is 2.30. The first kappa shape index (κ1) is 21.6. The average Bonchev–Trinajstić information content (AvgIpc) is 2.68. The number of aliphatic hydroxyl groups excluding tert-OH is 2. The molecule has 1 unspecified atom stereocenters. The number of ether oxygens (including phenoxy) is 1. The molecule has 5 N–H and O–H groups in total. The number of carbonyl (C=O) groups is 1. The number of benzene rings is 2. The topological polar surface area (TPSA) is 113 Å². The zero-order valence-corrected chi connectivity index (χ0v) is 15.2. The molecule has 6 nitrogen and oxygen atoms in total. The number of rotatable bonds is 6. The van der Waals surface area contributed by atoms with Crippen LogP contribution in [0.25, 0.3) is 0 Å². The Morgan fingerprint density at radius 3 is 2.35 bits per heavy atom. The number of nitrogens with two attached hydrogens (primary N) is 1. The second-order valence-corrected chi connectivity index (χ2v) is 5.74. The van der Waals surface area contributed by atoms with Gasteiger partial charge in [-0.2, -0.15) is 0 Å². The maximum absolute atomic E-state index is 11.1. The minimum absolute atomic E-state index is 0.0236. The van der Waals surface area contributed by atoms with Crippen molar-refractivity contribution in [2.24, 2.45) is 5.73 Å². The lowest BCUT2D eigenvalue weighted by molar-refractivity contribution is 0.0600. The van der Waals surface area contributed by atoms with Gasteiger partial charge in [-0.15, -0.1) is 0 Å². The number of esters is 1. The van der Waals surface area contributed by atoms with Gasteiger partial charge in [0.1, 0.15) is 5.75 Å². The zero-order chi connectivity index (χ0) is 19.5. The largest absolute Gasteiger partial charge is 0.508 e. The van der Waals surface area contributed by atoms with Gasteiger partial charge >= 0.3 is 5.97 Å². The normalized spacial score (nSPS) is 11.3. The molecule has 142 valence electrons. The van der Waals surface area contributed by atoms with E-state index in [0.29, 0.717) is 16.7 Å². The van der Waals surface area contributed by atoms with E-state index >= 15 is 0 Å². The van der Waals surface area contributed by atoms with E-state index in [2.05, 4.69) is 11.7 Å². The van der Waals surface area contributed by atoms with E-state index in [4.69, 9.17) is 10.8 Å². The summed E-state index contributed by atoms with van der Waals surface area (Å²) in [6, 6.07) is 12.1. The molecule has 0 saturated carbocycles. The van der Waals surface area contributed by atoms with Gasteiger partial charge in [0.2, 0.25) is 0 Å². The fraction of sp³-hybridized carbons (Fsp3) is 0.350. The highest BCUT2D eigenvalue weighted by Crippen LogP contribution is 2.21. The molecule has 0 fully saturated rings. The minimum Gasteiger partial charge on any atom is -0.508 e. The zero-order valence-electron chi connectivity index (χ0n) is 15.2. The number of hydrogen-bond donors (Lipinski definition) is 4. The van der Waals surface area contributed by atoms with Crippen LogP contribution >= 0.6 is 0 Å². The van der Waals surface area contributed by atoms with Crippen LogP contribution in [0.3, 0.4) is 0 Å². The number of phenols is 1. The highest BCUT2D eigenvalue weighted by atomic mass is 16.5. The van der Waals surface area contributed by atoms with Crippen molar-refractivity contribution in [1.82, 2.24) is 0 Å². The third kappa shape index (κ3) is 6.48. The van der Waals surface area contributed by atoms with Crippen molar-refractivity contribution in [1.29, 1.82) is 0 Å². The third-order valence-corrected chi connectivity index (χ3v) is 3.80. The summed E-state index contributed by atoms with van der Waals surface area (Å²) in [6.07, 6.45) is 1.44. The summed E-state index contributed by atoms with van der Waals surface area (Å²) < 4.78 is 4.60. The van der Waals surface area contributed by atoms with Gasteiger partial charge in [0, 0.05) is 12.1 Å². The highest BCUT2D eigenvalue weighted by molar-refractivity contribution is 5.89. The lowest BCUT2D eigenvalue weighted by atomic mass is 10.1. The maximum atomic E-state index is 11.1. The molecule has 0 amide bonds. The first-order valence-electron chi connectivity index (χ1n) is 8.44. The van der Waals surface area contributed by atoms with Crippen LogP contribution in [0.2, 0.25) is 0 Å². The SMILES string of the molecule is CCCc1ccc(C(=O)OC)cc1.NCC(O)c1ccc(O)c(CO)c1. The Morgan fingerprint density at radius 1 is 1.19 bits per heavy atom. The summed E-state index contributed by atoms with van der Waals surface area (Å²) in [6.45, 7) is 2.00. The summed E-state index contributed by atoms with van der Waals surface area (Å²) in [5, 5.41) is 27.4. The highest BCUT2D eigenvalue weighted by Gasteiger charge is 2.07. The molecule has 0 radical (unpaired) electrons. The Kier molecular flexibility index (Phi) is 9.36. The average molecular weight is 361 g/mol. The van der Waals surface area contributed by atoms with E-state index in [0.717, 1.165) is 12.8 Å². The Labute approximate surface area is 153 Å². The molecule has 0 bridgehead atoms. The van der Waals surface area contributed by atoms with Crippen molar-refractivity contribution in [3.8, 4) is 5.75 Å². The lowest BCUT2D eigenvalue weighted by Crippen LogP contribution is -2.11. The molecule has 2 aromatic rings. The number of aromatic hydroxyl groups is 1. The minimum atomic E-state index is -0.745. The number of methoxy groups -OCH3 is 1. The van der Waals surface area contributed by atoms with Gasteiger partial charge in [-0.05, 0) is 41.8 Å². The molecule has 26 heavy (non-hydrogen) atoms. The van der Waals surface area contributed by atoms with Crippen LogP contribution in [-0.2, 0) is 17.8 Å². The molecule has 0 saturated heterocycles. The van der Waals surface area contributed by atoms with E-state index in [1.807, 2.05) is 12.1 Å². The van der Waals surface area contributed by atoms with Gasteiger partial charge in [-0.25, -0.2) is 4.79 Å². The summed E-state index contributed by atoms with van der Waals surface area (Å²) in [7, 11) is 1.39. The van der Waals surface area contributed by atoms with Crippen molar-refractivity contribution < 1.29 is 24.9 Å². The van der Waals surface area contributed by atoms with E-state index in [-0.39, 0.29) is 24.9 Å². The summed E-state index contributed by atoms with van der Waals surface area (Å²) in [5.41, 5.74) is 8.13. The number of aryl methyl sites for hydroxylation is 1. The Morgan fingerprint density at radius 2 is 1.85 bits per heavy atom. The molecule has 0 aliphatic rings. The van der Waals surface area contributed by atoms with Crippen molar-refractivity contribution in [3.63, 3.8) is 0 Å². The molecular weight excluding hydrogens is 334 g/mol. The molecule has 0 heterocycles. The fourth-order valence-corrected chi connectivity index (χ4v) is 2.29. The molecule has 6 heteroatoms. The van der Waals surface area contributed by atoms with Crippen LogP contribution < -0.4 is 5.73 Å². The van der Waals surface area contributed by atoms with Crippen LogP contribution in [0.4, 0.5) is 0 Å². The second-order valence-electron chi connectivity index (χ2n) is 5.74. The Bertz CT molecular complexity index is 685. The quantitative estimate of drug-likeness (QED) is 0.587. The first-order chi connectivity index (χ1) is 12.5. The van der Waals surface area contributed by atoms with Gasteiger partial charge in [0.15, 0.2) is 0 Å². The van der Waals surface area contributed by atoms with E-state index < -0.39 is 6.10 Å².